The Kier molecular flexibility index (Phi) is 79.6. The van der Waals surface area contributed by atoms with Crippen LogP contribution in [0.3, 0.4) is 0 Å². The minimum atomic E-state index is 0. The van der Waals surface area contributed by atoms with Crippen molar-refractivity contribution in [2.75, 3.05) is 52.4 Å². The molecule has 0 N–H and O–H groups in total. The van der Waals surface area contributed by atoms with Crippen LogP contribution in [0.25, 0.3) is 0 Å². The van der Waals surface area contributed by atoms with Crippen LogP contribution in [0.2, 0.25) is 0 Å². The molecule has 0 bridgehead atoms. The summed E-state index contributed by atoms with van der Waals surface area (Å²) in [4.78, 5) is 0. The van der Waals surface area contributed by atoms with Gasteiger partial charge in [0, 0.05) is 0 Å². The third-order valence-electron chi connectivity index (χ3n) is 11.9. The van der Waals surface area contributed by atoms with Gasteiger partial charge >= 0.3 is 27.3 Å². The number of quaternary nitrogens is 2. The van der Waals surface area contributed by atoms with Crippen LogP contribution >= 0.6 is 0 Å². The number of rotatable bonds is 40. The molecule has 0 unspecified atom stereocenters. The van der Waals surface area contributed by atoms with Crippen molar-refractivity contribution >= 4 is 27.3 Å². The van der Waals surface area contributed by atoms with Gasteiger partial charge in [-0.05, 0) is 103 Å². The van der Waals surface area contributed by atoms with Gasteiger partial charge in [-0.3, -0.25) is 0 Å². The van der Waals surface area contributed by atoms with Gasteiger partial charge in [0.1, 0.15) is 0 Å². The van der Waals surface area contributed by atoms with Crippen molar-refractivity contribution in [3.05, 3.63) is 0 Å². The van der Waals surface area contributed by atoms with Crippen molar-refractivity contribution in [2.24, 2.45) is 0 Å². The summed E-state index contributed by atoms with van der Waals surface area (Å²) < 4.78 is 2.92. The zero-order valence-electron chi connectivity index (χ0n) is 39.2. The summed E-state index contributed by atoms with van der Waals surface area (Å²) >= 11 is 0. The average Bonchev–Trinajstić information content (AvgIpc) is 3.13. The molecule has 0 aliphatic carbocycles. The number of hydrogen-bond donors (Lipinski definition) is 0. The number of nitrogens with zero attached hydrogens (tertiary/aromatic N) is 2. The molecular weight excluding hydrogens is 1320 g/mol. The van der Waals surface area contributed by atoms with Crippen LogP contribution in [0.15, 0.2) is 0 Å². The summed E-state index contributed by atoms with van der Waals surface area (Å²) in [5.41, 5.74) is 0. The maximum absolute atomic E-state index is 2.34. The predicted molar refractivity (Wildman–Crippen MR) is 238 cm³/mol. The number of halogens is 4. The van der Waals surface area contributed by atoms with Gasteiger partial charge in [0.25, 0.3) is 0 Å². The first kappa shape index (κ1) is 73.2. The molecule has 0 aliphatic heterocycles. The Balaban J connectivity index is -0.000000154. The van der Waals surface area contributed by atoms with Crippen molar-refractivity contribution in [1.29, 1.82) is 0 Å². The van der Waals surface area contributed by atoms with E-state index in [1.165, 1.54) is 267 Å². The van der Waals surface area contributed by atoms with E-state index in [0.29, 0.717) is 0 Å². The van der Waals surface area contributed by atoms with Crippen molar-refractivity contribution < 1.29 is 105 Å². The van der Waals surface area contributed by atoms with Crippen molar-refractivity contribution in [3.8, 4) is 0 Å². The van der Waals surface area contributed by atoms with Crippen molar-refractivity contribution in [3.63, 3.8) is 0 Å². The SMILES string of the molecule is CCCCCC[N+](CCCCCC)(CCCCCC)CCCCCC.CCCCCC[N+](CCCCCC)(CCCCCC)CCCCCC.[I-].[I-].[I-].[I-].[Pb+2]. The van der Waals surface area contributed by atoms with Crippen LogP contribution in [-0.4, -0.2) is 88.6 Å². The van der Waals surface area contributed by atoms with E-state index >= 15 is 0 Å². The fraction of sp³-hybridized carbons (Fsp3) is 1.00. The molecule has 0 saturated heterocycles. The maximum atomic E-state index is 2.34. The second-order valence-corrected chi connectivity index (χ2v) is 17.0. The summed E-state index contributed by atoms with van der Waals surface area (Å²) in [5, 5.41) is 0. The van der Waals surface area contributed by atoms with Crippen LogP contribution in [-0.2, 0) is 0 Å². The molecule has 7 heteroatoms. The van der Waals surface area contributed by atoms with E-state index in [0.717, 1.165) is 0 Å². The van der Waals surface area contributed by atoms with Crippen molar-refractivity contribution in [1.82, 2.24) is 0 Å². The molecule has 0 atom stereocenters. The molecule has 0 amide bonds. The third-order valence-corrected chi connectivity index (χ3v) is 11.9. The van der Waals surface area contributed by atoms with Crippen molar-refractivity contribution in [2.45, 2.75) is 261 Å². The Labute approximate surface area is 440 Å². The fourth-order valence-electron chi connectivity index (χ4n) is 8.33. The molecule has 338 valence electrons. The van der Waals surface area contributed by atoms with Gasteiger partial charge in [-0.1, -0.05) is 158 Å². The third kappa shape index (κ3) is 50.3. The average molecular weight is 1420 g/mol. The van der Waals surface area contributed by atoms with Crippen LogP contribution in [0.4, 0.5) is 0 Å². The van der Waals surface area contributed by atoms with E-state index < -0.39 is 0 Å². The Hall–Kier alpha value is 3.76. The minimum Gasteiger partial charge on any atom is -1.00 e. The van der Waals surface area contributed by atoms with Gasteiger partial charge in [-0.25, -0.2) is 0 Å². The summed E-state index contributed by atoms with van der Waals surface area (Å²) in [6, 6.07) is 0. The molecule has 2 nitrogen and oxygen atoms in total. The molecule has 0 spiro atoms. The largest absolute Gasteiger partial charge is 2.00 e. The van der Waals surface area contributed by atoms with Gasteiger partial charge in [-0.15, -0.1) is 0 Å². The second kappa shape index (κ2) is 59.9. The van der Waals surface area contributed by atoms with Gasteiger partial charge in [-0.2, -0.15) is 0 Å². The molecule has 0 heterocycles. The molecule has 2 radical (unpaired) electrons. The standard InChI is InChI=1S/2C24H52N.4HI.Pb/c2*1-5-9-13-17-21-25(22-18-14-10-6-2,23-19-15-11-7-3)24-20-16-12-8-4;;;;;/h2*5-24H2,1-4H3;4*1H;/q2*+1;;;;;+2/p-4. The fourth-order valence-corrected chi connectivity index (χ4v) is 8.33. The van der Waals surface area contributed by atoms with Crippen LogP contribution in [0.5, 0.6) is 0 Å². The second-order valence-electron chi connectivity index (χ2n) is 17.0. The molecule has 0 rings (SSSR count). The van der Waals surface area contributed by atoms with Gasteiger partial charge in [0.05, 0.1) is 52.4 Å². The monoisotopic (exact) mass is 1420 g/mol. The zero-order valence-corrected chi connectivity index (χ0v) is 51.7. The van der Waals surface area contributed by atoms with E-state index in [9.17, 15) is 0 Å². The van der Waals surface area contributed by atoms with E-state index in [4.69, 9.17) is 0 Å². The molecule has 0 aromatic heterocycles. The summed E-state index contributed by atoms with van der Waals surface area (Å²) in [6.07, 6.45) is 45.7. The molecule has 0 aromatic carbocycles. The van der Waals surface area contributed by atoms with Crippen LogP contribution in [0.1, 0.15) is 261 Å². The number of unbranched alkanes of at least 4 members (excludes halogenated alkanes) is 24. The van der Waals surface area contributed by atoms with Crippen LogP contribution < -0.4 is 95.9 Å². The van der Waals surface area contributed by atoms with E-state index in [2.05, 4.69) is 55.4 Å². The Morgan fingerprint density at radius 1 is 0.182 bits per heavy atom. The first-order valence-corrected chi connectivity index (χ1v) is 24.2. The van der Waals surface area contributed by atoms with Gasteiger partial charge in [0.2, 0.25) is 0 Å². The molecule has 0 aliphatic rings. The predicted octanol–water partition coefficient (Wildman–Crippen LogP) is 3.88. The zero-order chi connectivity index (χ0) is 37.3. The van der Waals surface area contributed by atoms with Gasteiger partial charge < -0.3 is 105 Å². The van der Waals surface area contributed by atoms with Gasteiger partial charge in [0.15, 0.2) is 0 Å². The minimum absolute atomic E-state index is 0. The molecule has 55 heavy (non-hydrogen) atoms. The van der Waals surface area contributed by atoms with E-state index in [1.54, 1.807) is 0 Å². The smallest absolute Gasteiger partial charge is 1.00 e. The van der Waals surface area contributed by atoms with Crippen LogP contribution in [0, 0.1) is 0 Å². The Morgan fingerprint density at radius 3 is 0.382 bits per heavy atom. The van der Waals surface area contributed by atoms with E-state index in [1.807, 2.05) is 0 Å². The normalized spacial score (nSPS) is 10.9. The Bertz CT molecular complexity index is 470. The topological polar surface area (TPSA) is 0 Å². The Morgan fingerprint density at radius 2 is 0.291 bits per heavy atom. The first-order chi connectivity index (χ1) is 24.5. The summed E-state index contributed by atoms with van der Waals surface area (Å²) in [6.45, 7) is 30.4. The number of hydrogen-bond acceptors (Lipinski definition) is 0. The quantitative estimate of drug-likeness (QED) is 0.0379. The molecule has 0 aromatic rings. The molecule has 0 fully saturated rings. The molecule has 0 saturated carbocycles. The summed E-state index contributed by atoms with van der Waals surface area (Å²) in [5.74, 6) is 0. The molecular formula is C48H104I4N2Pb. The first-order valence-electron chi connectivity index (χ1n) is 24.2. The summed E-state index contributed by atoms with van der Waals surface area (Å²) in [7, 11) is 0. The maximum Gasteiger partial charge on any atom is 2.00 e. The van der Waals surface area contributed by atoms with E-state index in [-0.39, 0.29) is 123 Å².